The van der Waals surface area contributed by atoms with E-state index in [1.54, 1.807) is 25.2 Å². The summed E-state index contributed by atoms with van der Waals surface area (Å²) in [6.07, 6.45) is 2.32. The number of alkyl halides is 1. The molecule has 24 heavy (non-hydrogen) atoms. The minimum atomic E-state index is -1.74. The number of rotatable bonds is 2. The van der Waals surface area contributed by atoms with E-state index in [0.29, 0.717) is 36.0 Å². The number of amides is 1. The number of para-hydroxylation sites is 1. The number of hydrogen-bond acceptors (Lipinski definition) is 3. The Morgan fingerprint density at radius 2 is 2.12 bits per heavy atom. The van der Waals surface area contributed by atoms with E-state index in [0.717, 1.165) is 6.42 Å². The van der Waals surface area contributed by atoms with Crippen molar-refractivity contribution in [1.29, 1.82) is 0 Å². The monoisotopic (exact) mass is 333 g/mol. The summed E-state index contributed by atoms with van der Waals surface area (Å²) < 4.78 is 16.6. The maximum Gasteiger partial charge on any atom is 0.326 e. The second-order valence-electron chi connectivity index (χ2n) is 7.11. The summed E-state index contributed by atoms with van der Waals surface area (Å²) in [5.41, 5.74) is -1.18. The first-order chi connectivity index (χ1) is 11.4. The third-order valence-corrected chi connectivity index (χ3v) is 5.90. The van der Waals surface area contributed by atoms with Crippen molar-refractivity contribution in [3.05, 3.63) is 34.2 Å². The quantitative estimate of drug-likeness (QED) is 0.867. The summed E-state index contributed by atoms with van der Waals surface area (Å²) >= 11 is 0. The molecule has 2 aliphatic rings. The van der Waals surface area contributed by atoms with Crippen molar-refractivity contribution < 1.29 is 14.3 Å². The van der Waals surface area contributed by atoms with Crippen LogP contribution in [0.4, 0.5) is 4.39 Å². The number of nitrogens with one attached hydrogen (secondary N) is 1. The van der Waals surface area contributed by atoms with Gasteiger partial charge in [0.25, 0.3) is 5.91 Å². The van der Waals surface area contributed by atoms with Gasteiger partial charge >= 0.3 is 5.69 Å². The molecule has 1 atom stereocenters. The highest BCUT2D eigenvalue weighted by Gasteiger charge is 2.62. The SMILES string of the molecule is Cn1c(=O)[nH]c2c(C(=O)N3CC(F)(CO)C4(CCC4)C3)cccc21. The average molecular weight is 333 g/mol. The van der Waals surface area contributed by atoms with E-state index in [4.69, 9.17) is 0 Å². The Morgan fingerprint density at radius 3 is 2.71 bits per heavy atom. The fraction of sp³-hybridized carbons (Fsp3) is 0.529. The van der Waals surface area contributed by atoms with Gasteiger partial charge in [-0.2, -0.15) is 0 Å². The largest absolute Gasteiger partial charge is 0.393 e. The fourth-order valence-corrected chi connectivity index (χ4v) is 4.20. The van der Waals surface area contributed by atoms with Gasteiger partial charge in [0.05, 0.1) is 29.7 Å². The van der Waals surface area contributed by atoms with Crippen molar-refractivity contribution in [3.63, 3.8) is 0 Å². The highest BCUT2D eigenvalue weighted by molar-refractivity contribution is 6.05. The number of aromatic nitrogens is 2. The zero-order valence-corrected chi connectivity index (χ0v) is 13.5. The molecule has 4 rings (SSSR count). The summed E-state index contributed by atoms with van der Waals surface area (Å²) in [6, 6.07) is 5.12. The minimum absolute atomic E-state index is 0.101. The van der Waals surface area contributed by atoms with Crippen LogP contribution in [0.3, 0.4) is 0 Å². The zero-order chi connectivity index (χ0) is 17.1. The molecule has 2 N–H and O–H groups in total. The van der Waals surface area contributed by atoms with E-state index < -0.39 is 17.7 Å². The first kappa shape index (κ1) is 15.4. The molecule has 1 spiro atoms. The minimum Gasteiger partial charge on any atom is -0.393 e. The first-order valence-corrected chi connectivity index (χ1v) is 8.18. The van der Waals surface area contributed by atoms with Gasteiger partial charge in [-0.15, -0.1) is 0 Å². The zero-order valence-electron chi connectivity index (χ0n) is 13.5. The maximum absolute atomic E-state index is 15.1. The van der Waals surface area contributed by atoms with Gasteiger partial charge in [-0.05, 0) is 25.0 Å². The number of aryl methyl sites for hydroxylation is 1. The number of likely N-dealkylation sites (tertiary alicyclic amines) is 1. The van der Waals surface area contributed by atoms with Crippen molar-refractivity contribution in [2.75, 3.05) is 19.7 Å². The van der Waals surface area contributed by atoms with Crippen LogP contribution in [0, 0.1) is 5.41 Å². The molecular formula is C17H20FN3O3. The van der Waals surface area contributed by atoms with Crippen LogP contribution in [0.15, 0.2) is 23.0 Å². The Hall–Kier alpha value is -2.15. The molecule has 0 radical (unpaired) electrons. The van der Waals surface area contributed by atoms with Crippen molar-refractivity contribution >= 4 is 16.9 Å². The van der Waals surface area contributed by atoms with Crippen molar-refractivity contribution in [2.24, 2.45) is 12.5 Å². The topological polar surface area (TPSA) is 78.3 Å². The van der Waals surface area contributed by atoms with Crippen LogP contribution < -0.4 is 5.69 Å². The highest BCUT2D eigenvalue weighted by atomic mass is 19.1. The Morgan fingerprint density at radius 1 is 1.38 bits per heavy atom. The van der Waals surface area contributed by atoms with Gasteiger partial charge < -0.3 is 15.0 Å². The van der Waals surface area contributed by atoms with Crippen LogP contribution in [0.5, 0.6) is 0 Å². The average Bonchev–Trinajstić information content (AvgIpc) is 3.02. The summed E-state index contributed by atoms with van der Waals surface area (Å²) in [4.78, 5) is 29.0. The van der Waals surface area contributed by atoms with Crippen LogP contribution in [0.2, 0.25) is 0 Å². The normalized spacial score (nSPS) is 25.4. The number of aliphatic hydroxyl groups is 1. The number of aliphatic hydroxyl groups excluding tert-OH is 1. The molecule has 6 nitrogen and oxygen atoms in total. The van der Waals surface area contributed by atoms with Crippen molar-refractivity contribution in [1.82, 2.24) is 14.5 Å². The molecule has 1 aliphatic carbocycles. The fourth-order valence-electron chi connectivity index (χ4n) is 4.20. The molecule has 128 valence electrons. The lowest BCUT2D eigenvalue weighted by Crippen LogP contribution is -2.50. The molecule has 1 saturated carbocycles. The smallest absolute Gasteiger partial charge is 0.326 e. The number of carbonyl (C=O) groups excluding carboxylic acids is 1. The number of nitrogens with zero attached hydrogens (tertiary/aromatic N) is 2. The lowest BCUT2D eigenvalue weighted by atomic mass is 9.61. The Balaban J connectivity index is 1.73. The summed E-state index contributed by atoms with van der Waals surface area (Å²) in [7, 11) is 1.63. The molecule has 2 heterocycles. The van der Waals surface area contributed by atoms with E-state index in [1.165, 1.54) is 9.47 Å². The third-order valence-electron chi connectivity index (χ3n) is 5.90. The summed E-state index contributed by atoms with van der Waals surface area (Å²) in [6.45, 7) is -0.352. The number of imidazole rings is 1. The molecule has 7 heteroatoms. The van der Waals surface area contributed by atoms with E-state index in [-0.39, 0.29) is 18.1 Å². The van der Waals surface area contributed by atoms with Gasteiger partial charge in [-0.3, -0.25) is 9.36 Å². The van der Waals surface area contributed by atoms with Crippen LogP contribution in [0.25, 0.3) is 11.0 Å². The van der Waals surface area contributed by atoms with Gasteiger partial charge in [0.2, 0.25) is 0 Å². The first-order valence-electron chi connectivity index (χ1n) is 8.18. The Bertz CT molecular complexity index is 871. The molecule has 2 aromatic rings. The van der Waals surface area contributed by atoms with Gasteiger partial charge in [-0.25, -0.2) is 9.18 Å². The number of carbonyl (C=O) groups is 1. The predicted octanol–water partition coefficient (Wildman–Crippen LogP) is 1.19. The lowest BCUT2D eigenvalue weighted by molar-refractivity contribution is -0.0588. The third kappa shape index (κ3) is 1.84. The highest BCUT2D eigenvalue weighted by Crippen LogP contribution is 2.55. The van der Waals surface area contributed by atoms with Gasteiger partial charge in [0.15, 0.2) is 5.67 Å². The Kier molecular flexibility index (Phi) is 3.16. The second-order valence-corrected chi connectivity index (χ2v) is 7.11. The number of aromatic amines is 1. The van der Waals surface area contributed by atoms with E-state index in [1.807, 2.05) is 0 Å². The van der Waals surface area contributed by atoms with Gasteiger partial charge in [0.1, 0.15) is 0 Å². The number of hydrogen-bond donors (Lipinski definition) is 2. The standard InChI is InChI=1S/C17H20FN3O3/c1-20-12-5-2-4-11(13(12)19-15(20)24)14(23)21-8-16(6-3-7-16)17(18,9-21)10-22/h2,4-5,22H,3,6-10H2,1H3,(H,19,24). The molecular weight excluding hydrogens is 313 g/mol. The van der Waals surface area contributed by atoms with Crippen LogP contribution >= 0.6 is 0 Å². The van der Waals surface area contributed by atoms with E-state index >= 15 is 4.39 Å². The van der Waals surface area contributed by atoms with Gasteiger partial charge in [-0.1, -0.05) is 12.5 Å². The predicted molar refractivity (Wildman–Crippen MR) is 86.7 cm³/mol. The lowest BCUT2D eigenvalue weighted by Gasteiger charge is -2.45. The number of halogens is 1. The van der Waals surface area contributed by atoms with Crippen LogP contribution in [-0.4, -0.2) is 50.8 Å². The second kappa shape index (κ2) is 4.92. The molecule has 1 unspecified atom stereocenters. The summed E-state index contributed by atoms with van der Waals surface area (Å²) in [5, 5.41) is 9.54. The molecule has 1 saturated heterocycles. The van der Waals surface area contributed by atoms with Crippen molar-refractivity contribution in [2.45, 2.75) is 24.9 Å². The molecule has 0 bridgehead atoms. The number of H-pyrrole nitrogens is 1. The molecule has 1 aromatic carbocycles. The van der Waals surface area contributed by atoms with Gasteiger partial charge in [0, 0.05) is 19.0 Å². The Labute approximate surface area is 137 Å². The van der Waals surface area contributed by atoms with E-state index in [2.05, 4.69) is 4.98 Å². The number of benzene rings is 1. The van der Waals surface area contributed by atoms with E-state index in [9.17, 15) is 14.7 Å². The van der Waals surface area contributed by atoms with Crippen LogP contribution in [0.1, 0.15) is 29.6 Å². The molecule has 1 amide bonds. The van der Waals surface area contributed by atoms with Crippen molar-refractivity contribution in [3.8, 4) is 0 Å². The number of fused-ring (bicyclic) bond motifs is 1. The molecule has 2 fully saturated rings. The summed E-state index contributed by atoms with van der Waals surface area (Å²) in [5.74, 6) is -0.304. The molecule has 1 aliphatic heterocycles. The maximum atomic E-state index is 15.1. The molecule has 1 aromatic heterocycles. The van der Waals surface area contributed by atoms with Crippen LogP contribution in [-0.2, 0) is 7.05 Å².